The highest BCUT2D eigenvalue weighted by Gasteiger charge is 2.34. The largest absolute Gasteiger partial charge is 0.489 e. The summed E-state index contributed by atoms with van der Waals surface area (Å²) in [6.45, 7) is 15.8. The number of ether oxygens (including phenoxy) is 2. The lowest BCUT2D eigenvalue weighted by Gasteiger charge is -2.44. The van der Waals surface area contributed by atoms with Crippen molar-refractivity contribution in [3.8, 4) is 28.4 Å². The molecule has 1 amide bonds. The summed E-state index contributed by atoms with van der Waals surface area (Å²) in [5.41, 5.74) is 1.80. The van der Waals surface area contributed by atoms with Crippen LogP contribution in [0.2, 0.25) is 0 Å². The number of carbonyl (C=O) groups excluding carboxylic acids is 2. The Kier molecular flexibility index (Phi) is 8.83. The van der Waals surface area contributed by atoms with E-state index in [9.17, 15) is 14.4 Å². The highest BCUT2D eigenvalue weighted by atomic mass is 19.1. The van der Waals surface area contributed by atoms with Gasteiger partial charge in [0.05, 0.1) is 23.4 Å². The van der Waals surface area contributed by atoms with Gasteiger partial charge in [-0.25, -0.2) is 23.5 Å². The Balaban J connectivity index is 1.67. The van der Waals surface area contributed by atoms with E-state index in [1.165, 1.54) is 16.7 Å². The predicted molar refractivity (Wildman–Crippen MR) is 180 cm³/mol. The molecule has 0 saturated carbocycles. The van der Waals surface area contributed by atoms with Crippen LogP contribution in [-0.2, 0) is 16.0 Å². The molecule has 3 aromatic heterocycles. The summed E-state index contributed by atoms with van der Waals surface area (Å²) in [6.07, 6.45) is 5.06. The molecule has 2 aliphatic heterocycles. The van der Waals surface area contributed by atoms with Crippen molar-refractivity contribution in [2.45, 2.75) is 58.5 Å². The van der Waals surface area contributed by atoms with Crippen molar-refractivity contribution >= 4 is 28.7 Å². The highest BCUT2D eigenvalue weighted by Crippen LogP contribution is 2.41. The fourth-order valence-electron chi connectivity index (χ4n) is 6.47. The maximum atomic E-state index is 16.5. The van der Waals surface area contributed by atoms with Gasteiger partial charge in [0.1, 0.15) is 11.5 Å². The van der Waals surface area contributed by atoms with E-state index in [0.717, 1.165) is 11.6 Å². The molecule has 6 rings (SSSR count). The minimum absolute atomic E-state index is 0.0650. The van der Waals surface area contributed by atoms with Crippen LogP contribution in [0.3, 0.4) is 0 Å². The van der Waals surface area contributed by atoms with E-state index in [-0.39, 0.29) is 64.7 Å². The summed E-state index contributed by atoms with van der Waals surface area (Å²) < 4.78 is 29.6. The Labute approximate surface area is 277 Å². The summed E-state index contributed by atoms with van der Waals surface area (Å²) in [5.74, 6) is -1.15. The molecule has 2 atom stereocenters. The lowest BCUT2D eigenvalue weighted by Crippen LogP contribution is -2.58. The lowest BCUT2D eigenvalue weighted by molar-refractivity contribution is -0.129. The Morgan fingerprint density at radius 2 is 1.90 bits per heavy atom. The molecule has 0 N–H and O–H groups in total. The van der Waals surface area contributed by atoms with Gasteiger partial charge in [0.25, 0.3) is 0 Å². The van der Waals surface area contributed by atoms with E-state index >= 15 is 4.39 Å². The van der Waals surface area contributed by atoms with Crippen LogP contribution < -0.4 is 20.1 Å². The molecule has 0 radical (unpaired) electrons. The monoisotopic (exact) mass is 652 g/mol. The number of para-hydroxylation sites is 1. The molecular weight excluding hydrogens is 615 g/mol. The van der Waals surface area contributed by atoms with Gasteiger partial charge in [-0.2, -0.15) is 4.98 Å². The molecule has 1 fully saturated rings. The first-order valence-electron chi connectivity index (χ1n) is 16.0. The van der Waals surface area contributed by atoms with E-state index in [2.05, 4.69) is 23.1 Å². The first-order chi connectivity index (χ1) is 23.0. The van der Waals surface area contributed by atoms with Crippen LogP contribution in [0.25, 0.3) is 28.0 Å². The molecule has 5 heterocycles. The third-order valence-corrected chi connectivity index (χ3v) is 8.77. The van der Waals surface area contributed by atoms with Gasteiger partial charge in [-0.05, 0) is 68.5 Å². The van der Waals surface area contributed by atoms with Gasteiger partial charge in [0.2, 0.25) is 5.91 Å². The van der Waals surface area contributed by atoms with Gasteiger partial charge >= 0.3 is 11.7 Å². The maximum absolute atomic E-state index is 16.5. The van der Waals surface area contributed by atoms with Gasteiger partial charge in [0, 0.05) is 43.0 Å². The fraction of sp³-hybridized carbons (Fsp3) is 0.333. The topological polar surface area (TPSA) is 120 Å². The number of nitrogens with zero attached hydrogens (tertiary/aromatic N) is 6. The van der Waals surface area contributed by atoms with Crippen molar-refractivity contribution in [2.24, 2.45) is 0 Å². The van der Waals surface area contributed by atoms with Gasteiger partial charge in [-0.3, -0.25) is 9.78 Å². The number of carbonyl (C=O) groups is 2. The summed E-state index contributed by atoms with van der Waals surface area (Å²) >= 11 is 0. The number of hydrogen-bond acceptors (Lipinski definition) is 9. The van der Waals surface area contributed by atoms with Crippen molar-refractivity contribution < 1.29 is 23.5 Å². The summed E-state index contributed by atoms with van der Waals surface area (Å²) in [4.78, 5) is 56.9. The zero-order chi connectivity index (χ0) is 34.3. The Morgan fingerprint density at radius 1 is 1.10 bits per heavy atom. The number of halogens is 1. The van der Waals surface area contributed by atoms with E-state index in [1.54, 1.807) is 29.3 Å². The van der Waals surface area contributed by atoms with Crippen LogP contribution in [0.5, 0.6) is 11.5 Å². The predicted octanol–water partition coefficient (Wildman–Crippen LogP) is 5.13. The second-order valence-electron chi connectivity index (χ2n) is 12.4. The van der Waals surface area contributed by atoms with E-state index in [1.807, 2.05) is 38.7 Å². The fourth-order valence-corrected chi connectivity index (χ4v) is 6.47. The van der Waals surface area contributed by atoms with Gasteiger partial charge in [-0.1, -0.05) is 33.1 Å². The smallest absolute Gasteiger partial charge is 0.355 e. The summed E-state index contributed by atoms with van der Waals surface area (Å²) in [7, 11) is 0. The molecule has 0 aliphatic carbocycles. The number of aromatic nitrogens is 4. The molecule has 248 valence electrons. The second kappa shape index (κ2) is 13.0. The van der Waals surface area contributed by atoms with Crippen molar-refractivity contribution in [2.75, 3.05) is 24.6 Å². The standard InChI is InChI=1S/C36H37FN6O5/c1-7-28(44)41-18-22(6)42(19-21(41)5)34-25-17-26(37)31-24-12-9-13-27(48-29(45)8-2)33(24)47-16-10-11-23-14-15-38-30(20(3)4)32(23)43(35(25)39-31)36(46)40-34/h7-9,12-15,17,20-22H,1-2,10-11,16,18-19H2,3-6H3/t21-,22+/m1/s1. The molecule has 0 unspecified atom stereocenters. The number of amides is 1. The second-order valence-corrected chi connectivity index (χ2v) is 12.4. The summed E-state index contributed by atoms with van der Waals surface area (Å²) in [6, 6.07) is 7.48. The molecule has 2 aliphatic rings. The normalized spacial score (nSPS) is 17.5. The number of benzene rings is 1. The van der Waals surface area contributed by atoms with Crippen molar-refractivity contribution in [3.05, 3.63) is 89.4 Å². The molecule has 0 spiro atoms. The Morgan fingerprint density at radius 3 is 2.62 bits per heavy atom. The highest BCUT2D eigenvalue weighted by molar-refractivity contribution is 5.92. The number of pyridine rings is 2. The maximum Gasteiger partial charge on any atom is 0.355 e. The van der Waals surface area contributed by atoms with Gasteiger partial charge in [0.15, 0.2) is 23.0 Å². The molecule has 4 aromatic rings. The van der Waals surface area contributed by atoms with Crippen LogP contribution in [0.1, 0.15) is 51.3 Å². The SMILES string of the molecule is C=CC(=O)Oc1cccc2c1OCCCc1ccnc(C(C)C)c1-n1c(=O)nc(N3C[C@@H](C)N(C(=O)C=C)C[C@@H]3C)c3cc(F)c-2nc31. The number of esters is 1. The van der Waals surface area contributed by atoms with Crippen LogP contribution in [0.4, 0.5) is 10.2 Å². The van der Waals surface area contributed by atoms with Gasteiger partial charge in [-0.15, -0.1) is 0 Å². The lowest BCUT2D eigenvalue weighted by atomic mass is 10.0. The number of fused-ring (bicyclic) bond motifs is 5. The zero-order valence-corrected chi connectivity index (χ0v) is 27.4. The van der Waals surface area contributed by atoms with E-state index in [4.69, 9.17) is 14.5 Å². The van der Waals surface area contributed by atoms with Crippen LogP contribution in [-0.4, -0.2) is 68.1 Å². The first-order valence-corrected chi connectivity index (χ1v) is 16.0. The minimum atomic E-state index is -0.699. The molecular formula is C36H37FN6O5. The first kappa shape index (κ1) is 32.5. The average molecular weight is 653 g/mol. The van der Waals surface area contributed by atoms with Gasteiger partial charge < -0.3 is 19.3 Å². The third kappa shape index (κ3) is 5.71. The Hall–Kier alpha value is -5.39. The number of hydrogen-bond donors (Lipinski definition) is 0. The molecule has 1 aromatic carbocycles. The molecule has 48 heavy (non-hydrogen) atoms. The minimum Gasteiger partial charge on any atom is -0.489 e. The van der Waals surface area contributed by atoms with E-state index < -0.39 is 17.5 Å². The zero-order valence-electron chi connectivity index (χ0n) is 27.4. The molecule has 2 bridgehead atoms. The average Bonchev–Trinajstić information content (AvgIpc) is 3.06. The third-order valence-electron chi connectivity index (χ3n) is 8.77. The van der Waals surface area contributed by atoms with Crippen LogP contribution >= 0.6 is 0 Å². The van der Waals surface area contributed by atoms with Crippen molar-refractivity contribution in [1.82, 2.24) is 24.4 Å². The van der Waals surface area contributed by atoms with Crippen LogP contribution in [0.15, 0.2) is 66.6 Å². The van der Waals surface area contributed by atoms with Crippen molar-refractivity contribution in [1.29, 1.82) is 0 Å². The van der Waals surface area contributed by atoms with Crippen LogP contribution in [0, 0.1) is 5.82 Å². The summed E-state index contributed by atoms with van der Waals surface area (Å²) in [5, 5.41) is 0.316. The van der Waals surface area contributed by atoms with E-state index in [0.29, 0.717) is 42.7 Å². The number of piperazine rings is 1. The molecule has 12 heteroatoms. The molecule has 11 nitrogen and oxygen atoms in total. The number of anilines is 1. The number of rotatable bonds is 5. The quantitative estimate of drug-likeness (QED) is 0.164. The Bertz CT molecular complexity index is 2020. The molecule has 1 saturated heterocycles. The number of aryl methyl sites for hydroxylation is 1. The van der Waals surface area contributed by atoms with Crippen molar-refractivity contribution in [3.63, 3.8) is 0 Å².